The summed E-state index contributed by atoms with van der Waals surface area (Å²) in [4.78, 5) is 38.2. The van der Waals surface area contributed by atoms with Crippen LogP contribution in [-0.2, 0) is 33.6 Å². The van der Waals surface area contributed by atoms with Crippen molar-refractivity contribution in [1.82, 2.24) is 10.6 Å². The third-order valence-corrected chi connectivity index (χ3v) is 6.26. The number of phenols is 1. The van der Waals surface area contributed by atoms with Crippen molar-refractivity contribution in [3.8, 4) is 5.75 Å². The number of aliphatic carboxylic acids is 1. The number of nitrogens with one attached hydrogen (secondary N) is 2. The van der Waals surface area contributed by atoms with Crippen LogP contribution in [0.3, 0.4) is 0 Å². The molecular formula is C32H30N4O5. The molecule has 0 heterocycles. The molecule has 0 unspecified atom stereocenters. The maximum absolute atomic E-state index is 13.3. The highest BCUT2D eigenvalue weighted by molar-refractivity contribution is 5.91. The van der Waals surface area contributed by atoms with Gasteiger partial charge in [-0.3, -0.25) is 9.59 Å². The van der Waals surface area contributed by atoms with E-state index in [1.807, 2.05) is 60.7 Å². The summed E-state index contributed by atoms with van der Waals surface area (Å²) in [5.41, 5.74) is 3.52. The predicted molar refractivity (Wildman–Crippen MR) is 154 cm³/mol. The van der Waals surface area contributed by atoms with E-state index in [2.05, 4.69) is 20.9 Å². The molecule has 0 aliphatic carbocycles. The van der Waals surface area contributed by atoms with Crippen LogP contribution in [0.25, 0.3) is 0 Å². The summed E-state index contributed by atoms with van der Waals surface area (Å²) in [6.45, 7) is 0. The van der Waals surface area contributed by atoms with Gasteiger partial charge in [-0.15, -0.1) is 0 Å². The van der Waals surface area contributed by atoms with Crippen LogP contribution in [0.15, 0.2) is 119 Å². The van der Waals surface area contributed by atoms with Gasteiger partial charge in [-0.05, 0) is 53.1 Å². The fourth-order valence-electron chi connectivity index (χ4n) is 4.12. The minimum absolute atomic E-state index is 0.0152. The van der Waals surface area contributed by atoms with E-state index in [1.54, 1.807) is 36.4 Å². The van der Waals surface area contributed by atoms with Crippen LogP contribution < -0.4 is 10.6 Å². The summed E-state index contributed by atoms with van der Waals surface area (Å²) in [7, 11) is 0. The number of rotatable bonds is 12. The molecule has 2 atom stereocenters. The van der Waals surface area contributed by atoms with Crippen molar-refractivity contribution < 1.29 is 24.6 Å². The van der Waals surface area contributed by atoms with Gasteiger partial charge >= 0.3 is 5.97 Å². The molecule has 4 rings (SSSR count). The van der Waals surface area contributed by atoms with Gasteiger partial charge in [0.2, 0.25) is 11.8 Å². The Labute approximate surface area is 237 Å². The van der Waals surface area contributed by atoms with Gasteiger partial charge in [0, 0.05) is 12.8 Å². The van der Waals surface area contributed by atoms with Crippen molar-refractivity contribution in [2.24, 2.45) is 10.2 Å². The van der Waals surface area contributed by atoms with Crippen LogP contribution in [0.4, 0.5) is 11.4 Å². The van der Waals surface area contributed by atoms with Crippen LogP contribution in [0.2, 0.25) is 0 Å². The lowest BCUT2D eigenvalue weighted by molar-refractivity contribution is -0.142. The average Bonchev–Trinajstić information content (AvgIpc) is 2.98. The molecule has 0 aliphatic rings. The minimum atomic E-state index is -1.22. The Morgan fingerprint density at radius 2 is 1.12 bits per heavy atom. The van der Waals surface area contributed by atoms with E-state index in [0.717, 1.165) is 16.8 Å². The van der Waals surface area contributed by atoms with E-state index in [9.17, 15) is 24.6 Å². The van der Waals surface area contributed by atoms with Crippen LogP contribution in [-0.4, -0.2) is 40.1 Å². The Kier molecular flexibility index (Phi) is 9.92. The second kappa shape index (κ2) is 14.2. The number of carboxylic acid groups (broad SMARTS) is 1. The quantitative estimate of drug-likeness (QED) is 0.186. The summed E-state index contributed by atoms with van der Waals surface area (Å²) >= 11 is 0. The number of benzene rings is 4. The molecule has 9 heteroatoms. The number of nitrogens with zero attached hydrogens (tertiary/aromatic N) is 2. The number of aromatic hydroxyl groups is 1. The lowest BCUT2D eigenvalue weighted by Crippen LogP contribution is -2.53. The zero-order chi connectivity index (χ0) is 29.0. The first-order chi connectivity index (χ1) is 19.9. The highest BCUT2D eigenvalue weighted by Gasteiger charge is 2.27. The monoisotopic (exact) mass is 550 g/mol. The summed E-state index contributed by atoms with van der Waals surface area (Å²) in [6, 6.07) is 29.4. The molecule has 0 saturated heterocycles. The number of azo groups is 1. The minimum Gasteiger partial charge on any atom is -0.508 e. The number of carbonyl (C=O) groups excluding carboxylic acids is 2. The molecule has 0 spiro atoms. The van der Waals surface area contributed by atoms with Gasteiger partial charge < -0.3 is 20.8 Å². The number of carbonyl (C=O) groups is 3. The first-order valence-electron chi connectivity index (χ1n) is 13.1. The Bertz CT molecular complexity index is 1470. The number of hydrogen-bond donors (Lipinski definition) is 4. The largest absolute Gasteiger partial charge is 0.508 e. The number of phenolic OH excluding ortho intramolecular Hbond substituents is 1. The summed E-state index contributed by atoms with van der Waals surface area (Å²) < 4.78 is 0. The Morgan fingerprint density at radius 1 is 0.610 bits per heavy atom. The second-order valence-electron chi connectivity index (χ2n) is 9.46. The number of hydrogen-bond acceptors (Lipinski definition) is 6. The number of carboxylic acids is 1. The first-order valence-corrected chi connectivity index (χ1v) is 13.1. The van der Waals surface area contributed by atoms with E-state index >= 15 is 0 Å². The van der Waals surface area contributed by atoms with Gasteiger partial charge in [0.25, 0.3) is 0 Å². The highest BCUT2D eigenvalue weighted by atomic mass is 16.4. The lowest BCUT2D eigenvalue weighted by Gasteiger charge is -2.22. The molecule has 4 aromatic rings. The smallest absolute Gasteiger partial charge is 0.326 e. The molecule has 0 radical (unpaired) electrons. The van der Waals surface area contributed by atoms with E-state index in [4.69, 9.17) is 0 Å². The standard InChI is InChI=1S/C32H30N4O5/c37-27-17-13-23(14-18-27)20-29(32(40)41)34-31(39)28(19-22-7-3-1-4-8-22)33-30(38)21-24-11-15-26(16-12-24)36-35-25-9-5-2-6-10-25/h1-18,28-29,37H,19-21H2,(H,33,38)(H,34,39)(H,40,41)/t28-,29-/m0/s1. The molecule has 41 heavy (non-hydrogen) atoms. The summed E-state index contributed by atoms with van der Waals surface area (Å²) in [5, 5.41) is 33.0. The Balaban J connectivity index is 1.41. The molecule has 208 valence electrons. The van der Waals surface area contributed by atoms with Gasteiger partial charge in [0.1, 0.15) is 17.8 Å². The number of amides is 2. The second-order valence-corrected chi connectivity index (χ2v) is 9.46. The normalized spacial score (nSPS) is 12.4. The van der Waals surface area contributed by atoms with E-state index in [0.29, 0.717) is 11.3 Å². The fourth-order valence-corrected chi connectivity index (χ4v) is 4.12. The van der Waals surface area contributed by atoms with Crippen molar-refractivity contribution in [2.75, 3.05) is 0 Å². The molecule has 0 bridgehead atoms. The van der Waals surface area contributed by atoms with Crippen molar-refractivity contribution in [2.45, 2.75) is 31.3 Å². The Morgan fingerprint density at radius 3 is 1.73 bits per heavy atom. The first kappa shape index (κ1) is 28.7. The molecule has 0 aromatic heterocycles. The maximum atomic E-state index is 13.3. The third kappa shape index (κ3) is 9.14. The molecule has 9 nitrogen and oxygen atoms in total. The van der Waals surface area contributed by atoms with Gasteiger partial charge in [0.05, 0.1) is 17.8 Å². The SMILES string of the molecule is O=C(Cc1ccc(N=Nc2ccccc2)cc1)N[C@@H](Cc1ccccc1)C(=O)N[C@@H](Cc1ccc(O)cc1)C(=O)O. The van der Waals surface area contributed by atoms with Crippen molar-refractivity contribution in [3.05, 3.63) is 126 Å². The third-order valence-electron chi connectivity index (χ3n) is 6.26. The lowest BCUT2D eigenvalue weighted by atomic mass is 10.0. The molecule has 4 aromatic carbocycles. The van der Waals surface area contributed by atoms with Crippen LogP contribution >= 0.6 is 0 Å². The summed E-state index contributed by atoms with van der Waals surface area (Å²) in [6.07, 6.45) is 0.217. The van der Waals surface area contributed by atoms with Crippen LogP contribution in [0.1, 0.15) is 16.7 Å². The van der Waals surface area contributed by atoms with Gasteiger partial charge in [-0.25, -0.2) is 4.79 Å². The van der Waals surface area contributed by atoms with Gasteiger partial charge in [-0.2, -0.15) is 10.2 Å². The Hall–Kier alpha value is -5.31. The molecular weight excluding hydrogens is 520 g/mol. The predicted octanol–water partition coefficient (Wildman–Crippen LogP) is 4.89. The fraction of sp³-hybridized carbons (Fsp3) is 0.156. The maximum Gasteiger partial charge on any atom is 0.326 e. The van der Waals surface area contributed by atoms with E-state index in [1.165, 1.54) is 12.1 Å². The van der Waals surface area contributed by atoms with Crippen LogP contribution in [0.5, 0.6) is 5.75 Å². The molecule has 4 N–H and O–H groups in total. The molecule has 0 fully saturated rings. The van der Waals surface area contributed by atoms with Crippen molar-refractivity contribution >= 4 is 29.2 Å². The van der Waals surface area contributed by atoms with E-state index in [-0.39, 0.29) is 30.9 Å². The topological polar surface area (TPSA) is 140 Å². The van der Waals surface area contributed by atoms with Crippen molar-refractivity contribution in [1.29, 1.82) is 0 Å². The molecule has 0 aliphatic heterocycles. The van der Waals surface area contributed by atoms with Gasteiger partial charge in [-0.1, -0.05) is 72.8 Å². The zero-order valence-corrected chi connectivity index (χ0v) is 22.2. The highest BCUT2D eigenvalue weighted by Crippen LogP contribution is 2.19. The summed E-state index contributed by atoms with van der Waals surface area (Å²) in [5.74, 6) is -2.14. The van der Waals surface area contributed by atoms with Gasteiger partial charge in [0.15, 0.2) is 0 Å². The molecule has 0 saturated carbocycles. The molecule has 2 amide bonds. The van der Waals surface area contributed by atoms with Crippen LogP contribution in [0, 0.1) is 0 Å². The van der Waals surface area contributed by atoms with Crippen molar-refractivity contribution in [3.63, 3.8) is 0 Å². The zero-order valence-electron chi connectivity index (χ0n) is 22.2. The van der Waals surface area contributed by atoms with E-state index < -0.39 is 24.0 Å². The average molecular weight is 551 g/mol.